The third kappa shape index (κ3) is 4.07. The molecule has 30 heavy (non-hydrogen) atoms. The van der Waals surface area contributed by atoms with E-state index in [4.69, 9.17) is 4.74 Å². The maximum atomic E-state index is 12.4. The molecule has 0 unspecified atom stereocenters. The van der Waals surface area contributed by atoms with Gasteiger partial charge in [0.1, 0.15) is 5.75 Å². The van der Waals surface area contributed by atoms with E-state index in [0.717, 1.165) is 0 Å². The predicted octanol–water partition coefficient (Wildman–Crippen LogP) is 4.49. The van der Waals surface area contributed by atoms with Crippen molar-refractivity contribution in [1.29, 1.82) is 0 Å². The molecule has 1 aliphatic rings. The van der Waals surface area contributed by atoms with Crippen LogP contribution in [0.1, 0.15) is 33.6 Å². The summed E-state index contributed by atoms with van der Waals surface area (Å²) in [6.45, 7) is 0.196. The number of rotatable bonds is 7. The number of ether oxygens (including phenoxy) is 1. The smallest absolute Gasteiger partial charge is 0.261 e. The Bertz CT molecular complexity index is 1060. The van der Waals surface area contributed by atoms with Crippen LogP contribution in [0.15, 0.2) is 78.9 Å². The number of hydrogen-bond acceptors (Lipinski definition) is 4. The first-order valence-corrected chi connectivity index (χ1v) is 9.70. The van der Waals surface area contributed by atoms with E-state index in [1.54, 1.807) is 36.4 Å². The average molecular weight is 400 g/mol. The summed E-state index contributed by atoms with van der Waals surface area (Å²) in [7, 11) is 0. The van der Waals surface area contributed by atoms with Gasteiger partial charge in [0.25, 0.3) is 11.8 Å². The van der Waals surface area contributed by atoms with Crippen molar-refractivity contribution in [3.8, 4) is 11.5 Å². The van der Waals surface area contributed by atoms with Gasteiger partial charge in [0.2, 0.25) is 5.91 Å². The second kappa shape index (κ2) is 8.61. The van der Waals surface area contributed by atoms with Gasteiger partial charge in [-0.3, -0.25) is 19.3 Å². The molecule has 0 atom stereocenters. The van der Waals surface area contributed by atoms with Crippen molar-refractivity contribution in [2.75, 3.05) is 11.9 Å². The molecule has 1 heterocycles. The molecule has 0 fully saturated rings. The van der Waals surface area contributed by atoms with Crippen molar-refractivity contribution < 1.29 is 19.1 Å². The number of nitrogens with zero attached hydrogens (tertiary/aromatic N) is 1. The number of hydrogen-bond donors (Lipinski definition) is 1. The van der Waals surface area contributed by atoms with E-state index in [9.17, 15) is 14.4 Å². The maximum Gasteiger partial charge on any atom is 0.261 e. The third-order valence-corrected chi connectivity index (χ3v) is 4.80. The Hall–Kier alpha value is -3.93. The molecule has 0 spiro atoms. The summed E-state index contributed by atoms with van der Waals surface area (Å²) in [5, 5.41) is 2.84. The molecule has 4 rings (SSSR count). The monoisotopic (exact) mass is 400 g/mol. The highest BCUT2D eigenvalue weighted by molar-refractivity contribution is 6.21. The number of carbonyl (C=O) groups is 3. The first-order valence-electron chi connectivity index (χ1n) is 9.70. The van der Waals surface area contributed by atoms with E-state index >= 15 is 0 Å². The van der Waals surface area contributed by atoms with Crippen LogP contribution in [0, 0.1) is 0 Å². The standard InChI is InChI=1S/C24H20N2O4/c27-22(15-8-16-26-23(28)18-11-4-5-12-19(18)24(26)29)25-20-13-6-7-14-21(20)30-17-9-2-1-3-10-17/h1-7,9-14H,8,15-16H2,(H,25,27). The maximum absolute atomic E-state index is 12.4. The number of nitrogens with one attached hydrogen (secondary N) is 1. The van der Waals surface area contributed by atoms with Gasteiger partial charge in [0, 0.05) is 13.0 Å². The van der Waals surface area contributed by atoms with E-state index in [1.807, 2.05) is 42.5 Å². The SMILES string of the molecule is O=C(CCCN1C(=O)c2ccccc2C1=O)Nc1ccccc1Oc1ccccc1. The lowest BCUT2D eigenvalue weighted by Gasteiger charge is -2.14. The molecular formula is C24H20N2O4. The Kier molecular flexibility index (Phi) is 5.57. The van der Waals surface area contributed by atoms with Gasteiger partial charge in [-0.2, -0.15) is 0 Å². The molecule has 150 valence electrons. The van der Waals surface area contributed by atoms with Gasteiger partial charge in [0.15, 0.2) is 5.75 Å². The fourth-order valence-corrected chi connectivity index (χ4v) is 3.33. The van der Waals surface area contributed by atoms with Gasteiger partial charge < -0.3 is 10.1 Å². The molecule has 3 amide bonds. The number of fused-ring (bicyclic) bond motifs is 1. The molecule has 3 aromatic rings. The lowest BCUT2D eigenvalue weighted by atomic mass is 10.1. The molecule has 1 N–H and O–H groups in total. The Morgan fingerprint density at radius 2 is 1.40 bits per heavy atom. The lowest BCUT2D eigenvalue weighted by Crippen LogP contribution is -2.31. The van der Waals surface area contributed by atoms with Crippen molar-refractivity contribution >= 4 is 23.4 Å². The summed E-state index contributed by atoms with van der Waals surface area (Å²) < 4.78 is 5.85. The van der Waals surface area contributed by atoms with Gasteiger partial charge in [-0.05, 0) is 42.8 Å². The van der Waals surface area contributed by atoms with Crippen LogP contribution in [-0.2, 0) is 4.79 Å². The number of para-hydroxylation sites is 3. The fraction of sp³-hybridized carbons (Fsp3) is 0.125. The van der Waals surface area contributed by atoms with Crippen molar-refractivity contribution in [3.63, 3.8) is 0 Å². The summed E-state index contributed by atoms with van der Waals surface area (Å²) in [5.74, 6) is 0.383. The zero-order valence-electron chi connectivity index (χ0n) is 16.2. The molecule has 0 aromatic heterocycles. The van der Waals surface area contributed by atoms with E-state index in [0.29, 0.717) is 34.7 Å². The first kappa shape index (κ1) is 19.4. The Labute approximate surface area is 174 Å². The topological polar surface area (TPSA) is 75.7 Å². The molecule has 0 aliphatic carbocycles. The van der Waals surface area contributed by atoms with Crippen LogP contribution in [0.3, 0.4) is 0 Å². The predicted molar refractivity (Wildman–Crippen MR) is 113 cm³/mol. The van der Waals surface area contributed by atoms with E-state index in [2.05, 4.69) is 5.32 Å². The van der Waals surface area contributed by atoms with Crippen LogP contribution in [0.2, 0.25) is 0 Å². The van der Waals surface area contributed by atoms with Gasteiger partial charge in [0.05, 0.1) is 16.8 Å². The highest BCUT2D eigenvalue weighted by Gasteiger charge is 2.34. The Morgan fingerprint density at radius 3 is 2.10 bits per heavy atom. The normalized spacial score (nSPS) is 12.6. The van der Waals surface area contributed by atoms with Gasteiger partial charge in [-0.1, -0.05) is 42.5 Å². The highest BCUT2D eigenvalue weighted by atomic mass is 16.5. The van der Waals surface area contributed by atoms with Crippen LogP contribution in [0.5, 0.6) is 11.5 Å². The second-order valence-corrected chi connectivity index (χ2v) is 6.87. The summed E-state index contributed by atoms with van der Waals surface area (Å²) in [5.41, 5.74) is 1.39. The first-order chi connectivity index (χ1) is 14.6. The largest absolute Gasteiger partial charge is 0.455 e. The molecule has 0 saturated carbocycles. The summed E-state index contributed by atoms with van der Waals surface area (Å²) >= 11 is 0. The molecular weight excluding hydrogens is 380 g/mol. The summed E-state index contributed by atoms with van der Waals surface area (Å²) in [6.07, 6.45) is 0.548. The quantitative estimate of drug-likeness (QED) is 0.593. The molecule has 0 bridgehead atoms. The molecule has 3 aromatic carbocycles. The number of anilines is 1. The molecule has 0 saturated heterocycles. The zero-order valence-corrected chi connectivity index (χ0v) is 16.2. The van der Waals surface area contributed by atoms with Gasteiger partial charge in [-0.15, -0.1) is 0 Å². The highest BCUT2D eigenvalue weighted by Crippen LogP contribution is 2.29. The third-order valence-electron chi connectivity index (χ3n) is 4.80. The van der Waals surface area contributed by atoms with Crippen LogP contribution in [0.25, 0.3) is 0 Å². The minimum absolute atomic E-state index is 0.174. The number of amides is 3. The molecule has 6 nitrogen and oxygen atoms in total. The second-order valence-electron chi connectivity index (χ2n) is 6.87. The van der Waals surface area contributed by atoms with Crippen LogP contribution < -0.4 is 10.1 Å². The molecule has 6 heteroatoms. The van der Waals surface area contributed by atoms with E-state index in [1.165, 1.54) is 4.90 Å². The minimum atomic E-state index is -0.308. The number of carbonyl (C=O) groups excluding carboxylic acids is 3. The van der Waals surface area contributed by atoms with E-state index < -0.39 is 0 Å². The summed E-state index contributed by atoms with van der Waals surface area (Å²) in [4.78, 5) is 38.4. The number of benzene rings is 3. The molecule has 1 aliphatic heterocycles. The van der Waals surface area contributed by atoms with Crippen molar-refractivity contribution in [3.05, 3.63) is 90.0 Å². The van der Waals surface area contributed by atoms with Gasteiger partial charge in [-0.25, -0.2) is 0 Å². The van der Waals surface area contributed by atoms with Crippen molar-refractivity contribution in [1.82, 2.24) is 4.90 Å². The summed E-state index contributed by atoms with van der Waals surface area (Å²) in [6, 6.07) is 23.2. The fourth-order valence-electron chi connectivity index (χ4n) is 3.33. The van der Waals surface area contributed by atoms with Crippen LogP contribution in [-0.4, -0.2) is 29.2 Å². The van der Waals surface area contributed by atoms with Gasteiger partial charge >= 0.3 is 0 Å². The van der Waals surface area contributed by atoms with Crippen molar-refractivity contribution in [2.45, 2.75) is 12.8 Å². The Balaban J connectivity index is 1.33. The van der Waals surface area contributed by atoms with E-state index in [-0.39, 0.29) is 30.7 Å². The zero-order chi connectivity index (χ0) is 20.9. The number of imide groups is 1. The van der Waals surface area contributed by atoms with Crippen molar-refractivity contribution in [2.24, 2.45) is 0 Å². The lowest BCUT2D eigenvalue weighted by molar-refractivity contribution is -0.116. The van der Waals surface area contributed by atoms with Crippen LogP contribution >= 0.6 is 0 Å². The minimum Gasteiger partial charge on any atom is -0.455 e. The average Bonchev–Trinajstić information content (AvgIpc) is 3.01. The Morgan fingerprint density at radius 1 is 0.800 bits per heavy atom. The molecule has 0 radical (unpaired) electrons. The van der Waals surface area contributed by atoms with Crippen LogP contribution in [0.4, 0.5) is 5.69 Å².